The zero-order chi connectivity index (χ0) is 25.9. The van der Waals surface area contributed by atoms with Gasteiger partial charge in [0.2, 0.25) is 0 Å². The van der Waals surface area contributed by atoms with Gasteiger partial charge in [-0.1, -0.05) is 145 Å². The maximum atomic E-state index is 6.74. The van der Waals surface area contributed by atoms with Gasteiger partial charge < -0.3 is 0 Å². The zero-order valence-electron chi connectivity index (χ0n) is 21.2. The highest BCUT2D eigenvalue weighted by atomic mass is 35.5. The average Bonchev–Trinajstić information content (AvgIpc) is 3.00. The van der Waals surface area contributed by atoms with Crippen molar-refractivity contribution in [1.29, 1.82) is 0 Å². The SMILES string of the molecule is Clc1ccccc1-c1ccccc1-c1ccc2ccccc2c1-c1ccc2ccc3cccc4ccc1c2c34. The smallest absolute Gasteiger partial charge is 0.0484 e. The van der Waals surface area contributed by atoms with Crippen molar-refractivity contribution in [2.75, 3.05) is 0 Å². The van der Waals surface area contributed by atoms with Crippen LogP contribution < -0.4 is 0 Å². The Kier molecular flexibility index (Phi) is 4.98. The molecule has 1 heteroatoms. The molecule has 0 aliphatic heterocycles. The third-order valence-electron chi connectivity index (χ3n) is 8.11. The number of benzene rings is 8. The van der Waals surface area contributed by atoms with Gasteiger partial charge in [-0.15, -0.1) is 0 Å². The van der Waals surface area contributed by atoms with Crippen molar-refractivity contribution in [3.05, 3.63) is 145 Å². The first-order valence-electron chi connectivity index (χ1n) is 13.3. The number of hydrogen-bond acceptors (Lipinski definition) is 0. The molecule has 0 heterocycles. The molecule has 0 aliphatic carbocycles. The average molecular weight is 515 g/mol. The third kappa shape index (κ3) is 3.39. The maximum Gasteiger partial charge on any atom is 0.0484 e. The fourth-order valence-corrected chi connectivity index (χ4v) is 6.61. The summed E-state index contributed by atoms with van der Waals surface area (Å²) < 4.78 is 0. The van der Waals surface area contributed by atoms with E-state index in [1.165, 1.54) is 65.3 Å². The largest absolute Gasteiger partial charge is 0.0837 e. The van der Waals surface area contributed by atoms with Gasteiger partial charge >= 0.3 is 0 Å². The predicted octanol–water partition coefficient (Wildman–Crippen LogP) is 11.4. The van der Waals surface area contributed by atoms with E-state index in [1.54, 1.807) is 0 Å². The van der Waals surface area contributed by atoms with Crippen molar-refractivity contribution in [2.24, 2.45) is 0 Å². The second-order valence-electron chi connectivity index (χ2n) is 10.2. The van der Waals surface area contributed by atoms with E-state index < -0.39 is 0 Å². The summed E-state index contributed by atoms with van der Waals surface area (Å²) in [5.41, 5.74) is 7.07. The first kappa shape index (κ1) is 22.3. The number of halogens is 1. The van der Waals surface area contributed by atoms with Gasteiger partial charge in [-0.3, -0.25) is 0 Å². The second kappa shape index (κ2) is 8.70. The molecule has 0 unspecified atom stereocenters. The molecule has 0 N–H and O–H groups in total. The Bertz CT molecular complexity index is 2170. The molecule has 0 aliphatic rings. The minimum atomic E-state index is 0.759. The summed E-state index contributed by atoms with van der Waals surface area (Å²) in [4.78, 5) is 0. The Hall–Kier alpha value is -4.65. The summed E-state index contributed by atoms with van der Waals surface area (Å²) in [5.74, 6) is 0. The van der Waals surface area contributed by atoms with Gasteiger partial charge in [-0.25, -0.2) is 0 Å². The number of hydrogen-bond donors (Lipinski definition) is 0. The van der Waals surface area contributed by atoms with Crippen LogP contribution in [0.1, 0.15) is 0 Å². The van der Waals surface area contributed by atoms with Crippen molar-refractivity contribution in [1.82, 2.24) is 0 Å². The van der Waals surface area contributed by atoms with Crippen molar-refractivity contribution in [3.63, 3.8) is 0 Å². The monoisotopic (exact) mass is 514 g/mol. The van der Waals surface area contributed by atoms with Crippen molar-refractivity contribution in [3.8, 4) is 33.4 Å². The van der Waals surface area contributed by atoms with Crippen LogP contribution in [0, 0.1) is 0 Å². The van der Waals surface area contributed by atoms with Crippen LogP contribution in [0.15, 0.2) is 140 Å². The fourth-order valence-electron chi connectivity index (χ4n) is 6.37. The van der Waals surface area contributed by atoms with Crippen molar-refractivity contribution >= 4 is 54.7 Å². The van der Waals surface area contributed by atoms with Crippen LogP contribution in [0.5, 0.6) is 0 Å². The van der Waals surface area contributed by atoms with Crippen LogP contribution in [0.25, 0.3) is 76.5 Å². The van der Waals surface area contributed by atoms with Crippen LogP contribution in [0.3, 0.4) is 0 Å². The molecule has 8 rings (SSSR count). The van der Waals surface area contributed by atoms with Gasteiger partial charge in [-0.05, 0) is 77.0 Å². The lowest BCUT2D eigenvalue weighted by atomic mass is 9.83. The molecule has 39 heavy (non-hydrogen) atoms. The Morgan fingerprint density at radius 2 is 0.846 bits per heavy atom. The second-order valence-corrected chi connectivity index (χ2v) is 10.6. The zero-order valence-corrected chi connectivity index (χ0v) is 21.9. The molecule has 0 saturated heterocycles. The van der Waals surface area contributed by atoms with Gasteiger partial charge in [0.05, 0.1) is 0 Å². The van der Waals surface area contributed by atoms with Crippen LogP contribution in [-0.4, -0.2) is 0 Å². The van der Waals surface area contributed by atoms with E-state index in [4.69, 9.17) is 11.6 Å². The topological polar surface area (TPSA) is 0 Å². The van der Waals surface area contributed by atoms with Crippen LogP contribution >= 0.6 is 11.6 Å². The summed E-state index contributed by atoms with van der Waals surface area (Å²) in [5, 5.41) is 11.0. The van der Waals surface area contributed by atoms with Gasteiger partial charge in [0.15, 0.2) is 0 Å². The Labute approximate surface area is 232 Å². The summed E-state index contributed by atoms with van der Waals surface area (Å²) in [6, 6.07) is 50.3. The van der Waals surface area contributed by atoms with Crippen molar-refractivity contribution < 1.29 is 0 Å². The van der Waals surface area contributed by atoms with E-state index in [9.17, 15) is 0 Å². The normalized spacial score (nSPS) is 11.7. The third-order valence-corrected chi connectivity index (χ3v) is 8.44. The molecule has 0 radical (unpaired) electrons. The van der Waals surface area contributed by atoms with E-state index in [0.29, 0.717) is 0 Å². The van der Waals surface area contributed by atoms with Crippen LogP contribution in [0.4, 0.5) is 0 Å². The van der Waals surface area contributed by atoms with Gasteiger partial charge in [0.1, 0.15) is 0 Å². The lowest BCUT2D eigenvalue weighted by Gasteiger charge is -2.20. The van der Waals surface area contributed by atoms with Gasteiger partial charge in [0.25, 0.3) is 0 Å². The molecule has 0 bridgehead atoms. The van der Waals surface area contributed by atoms with E-state index in [1.807, 2.05) is 12.1 Å². The Morgan fingerprint density at radius 1 is 0.308 bits per heavy atom. The molecular weight excluding hydrogens is 492 g/mol. The van der Waals surface area contributed by atoms with Crippen molar-refractivity contribution in [2.45, 2.75) is 0 Å². The van der Waals surface area contributed by atoms with Gasteiger partial charge in [0, 0.05) is 10.6 Å². The quantitative estimate of drug-likeness (QED) is 0.206. The molecule has 8 aromatic carbocycles. The molecule has 0 aromatic heterocycles. The molecule has 8 aromatic rings. The molecule has 0 atom stereocenters. The minimum absolute atomic E-state index is 0.759. The van der Waals surface area contributed by atoms with E-state index in [0.717, 1.165) is 16.1 Å². The molecule has 0 saturated carbocycles. The summed E-state index contributed by atoms with van der Waals surface area (Å²) in [6.07, 6.45) is 0. The summed E-state index contributed by atoms with van der Waals surface area (Å²) in [7, 11) is 0. The number of rotatable bonds is 3. The summed E-state index contributed by atoms with van der Waals surface area (Å²) in [6.45, 7) is 0. The standard InChI is InChI=1S/C38H23Cl/c39-35-15-6-5-14-31(35)29-12-3-4-13-30(29)32-21-18-24-8-1-2-11-28(24)38(32)34-23-20-27-17-16-25-9-7-10-26-19-22-33(34)37(27)36(25)26/h1-23H. The first-order chi connectivity index (χ1) is 19.3. The van der Waals surface area contributed by atoms with E-state index >= 15 is 0 Å². The first-order valence-corrected chi connectivity index (χ1v) is 13.7. The maximum absolute atomic E-state index is 6.74. The number of fused-ring (bicyclic) bond motifs is 1. The Balaban J connectivity index is 1.52. The lowest BCUT2D eigenvalue weighted by molar-refractivity contribution is 1.59. The highest BCUT2D eigenvalue weighted by molar-refractivity contribution is 6.33. The lowest BCUT2D eigenvalue weighted by Crippen LogP contribution is -1.93. The fraction of sp³-hybridized carbons (Fsp3) is 0. The Morgan fingerprint density at radius 3 is 1.64 bits per heavy atom. The van der Waals surface area contributed by atoms with Gasteiger partial charge in [-0.2, -0.15) is 0 Å². The molecule has 0 amide bonds. The van der Waals surface area contributed by atoms with Crippen LogP contribution in [-0.2, 0) is 0 Å². The molecule has 182 valence electrons. The molecule has 0 fully saturated rings. The highest BCUT2D eigenvalue weighted by Crippen LogP contribution is 2.46. The molecule has 0 spiro atoms. The predicted molar refractivity (Wildman–Crippen MR) is 169 cm³/mol. The summed E-state index contributed by atoms with van der Waals surface area (Å²) >= 11 is 6.74. The highest BCUT2D eigenvalue weighted by Gasteiger charge is 2.19. The minimum Gasteiger partial charge on any atom is -0.0837 e. The van der Waals surface area contributed by atoms with E-state index in [2.05, 4.69) is 127 Å². The molecule has 0 nitrogen and oxygen atoms in total. The van der Waals surface area contributed by atoms with E-state index in [-0.39, 0.29) is 0 Å². The molecular formula is C38H23Cl. The van der Waals surface area contributed by atoms with Crippen LogP contribution in [0.2, 0.25) is 5.02 Å².